The predicted octanol–water partition coefficient (Wildman–Crippen LogP) is 4.86. The van der Waals surface area contributed by atoms with Gasteiger partial charge >= 0.3 is 15.6 Å². The van der Waals surface area contributed by atoms with E-state index in [-0.39, 0.29) is 29.4 Å². The number of rotatable bonds is 12. The van der Waals surface area contributed by atoms with E-state index in [4.69, 9.17) is 13.7 Å². The normalized spacial score (nSPS) is 41.2. The number of fused-ring (bicyclic) bond motifs is 10. The van der Waals surface area contributed by atoms with Crippen molar-refractivity contribution in [1.82, 2.24) is 4.13 Å². The fraction of sp³-hybridized carbons (Fsp3) is 0.806. The number of epoxide rings is 1. The summed E-state index contributed by atoms with van der Waals surface area (Å²) in [6, 6.07) is 6.99. The zero-order valence-electron chi connectivity index (χ0n) is 24.7. The Morgan fingerprint density at radius 1 is 0.818 bits per heavy atom. The first-order valence-electron chi connectivity index (χ1n) is 16.4. The quantitative estimate of drug-likeness (QED) is 0.249. The maximum absolute atomic E-state index is 14.3. The number of benzene rings is 1. The summed E-state index contributed by atoms with van der Waals surface area (Å²) in [6.45, 7) is -1.34. The standard InChI is InChI=1S/C31H42F2NO7S3/c32-31(33,17-39-15-21-16-40-21)43(35,36)34-44(37,38)41-20-7-9-22(10-8-20)42(29-13-18-11-27(29)25-5-1-3-23(18)25)30-14-19-12-28(30)26-6-2-4-24(19)26/h7-10,18-19,21,23-30,34H,1-6,11-17H2/q+1. The van der Waals surface area contributed by atoms with Crippen molar-refractivity contribution in [2.75, 3.05) is 19.8 Å². The van der Waals surface area contributed by atoms with E-state index in [9.17, 15) is 25.6 Å². The van der Waals surface area contributed by atoms with Crippen LogP contribution in [0.1, 0.15) is 64.2 Å². The maximum Gasteiger partial charge on any atom is 0.396 e. The smallest absolute Gasteiger partial charge is 0.371 e. The van der Waals surface area contributed by atoms with E-state index in [2.05, 4.69) is 0 Å². The topological polar surface area (TPSA) is 111 Å². The minimum absolute atomic E-state index is 0.0435. The van der Waals surface area contributed by atoms with Crippen LogP contribution < -0.4 is 8.31 Å². The van der Waals surface area contributed by atoms with Crippen molar-refractivity contribution in [1.29, 1.82) is 0 Å². The molecule has 7 fully saturated rings. The van der Waals surface area contributed by atoms with E-state index in [0.717, 1.165) is 51.5 Å². The predicted molar refractivity (Wildman–Crippen MR) is 161 cm³/mol. The molecular formula is C31H42F2NO7S3+. The Morgan fingerprint density at radius 3 is 1.91 bits per heavy atom. The Hall–Kier alpha value is -0.990. The number of hydrogen-bond acceptors (Lipinski definition) is 7. The first kappa shape index (κ1) is 30.4. The second-order valence-corrected chi connectivity index (χ2v) is 20.2. The molecule has 1 aromatic rings. The molecule has 11 atom stereocenters. The Morgan fingerprint density at radius 2 is 1.36 bits per heavy atom. The molecule has 0 aromatic heterocycles. The second-order valence-electron chi connectivity index (χ2n) is 14.5. The lowest BCUT2D eigenvalue weighted by atomic mass is 9.81. The first-order valence-corrected chi connectivity index (χ1v) is 20.6. The number of alkyl halides is 2. The molecule has 8 nitrogen and oxygen atoms in total. The molecule has 44 heavy (non-hydrogen) atoms. The molecule has 6 aliphatic carbocycles. The Balaban J connectivity index is 0.996. The van der Waals surface area contributed by atoms with Crippen LogP contribution in [-0.4, -0.2) is 58.5 Å². The summed E-state index contributed by atoms with van der Waals surface area (Å²) in [7, 11) is -10.7. The van der Waals surface area contributed by atoms with Crippen molar-refractivity contribution >= 4 is 31.2 Å². The van der Waals surface area contributed by atoms with E-state index in [1.807, 2.05) is 12.1 Å². The van der Waals surface area contributed by atoms with Crippen LogP contribution >= 0.6 is 0 Å². The van der Waals surface area contributed by atoms with Crippen molar-refractivity contribution in [2.45, 2.75) is 91.0 Å². The largest absolute Gasteiger partial charge is 0.396 e. The Kier molecular flexibility index (Phi) is 7.61. The zero-order valence-corrected chi connectivity index (χ0v) is 27.1. The van der Waals surface area contributed by atoms with Crippen molar-refractivity contribution < 1.29 is 39.3 Å². The highest BCUT2D eigenvalue weighted by molar-refractivity contribution is 8.03. The molecule has 4 bridgehead atoms. The van der Waals surface area contributed by atoms with E-state index in [1.165, 1.54) is 69.1 Å². The molecule has 6 saturated carbocycles. The van der Waals surface area contributed by atoms with Gasteiger partial charge in [-0.15, -0.1) is 0 Å². The molecule has 7 aliphatic rings. The van der Waals surface area contributed by atoms with Crippen LogP contribution in [0.25, 0.3) is 0 Å². The highest BCUT2D eigenvalue weighted by Gasteiger charge is 2.65. The van der Waals surface area contributed by atoms with Gasteiger partial charge in [-0.2, -0.15) is 17.2 Å². The zero-order chi connectivity index (χ0) is 30.4. The van der Waals surface area contributed by atoms with Crippen LogP contribution in [-0.2, 0) is 40.7 Å². The number of sulfonamides is 1. The summed E-state index contributed by atoms with van der Waals surface area (Å²) in [5.74, 6) is 6.68. The summed E-state index contributed by atoms with van der Waals surface area (Å²) in [5, 5.41) is -3.14. The fourth-order valence-electron chi connectivity index (χ4n) is 10.7. The number of ether oxygens (including phenoxy) is 2. The molecule has 1 aromatic carbocycles. The van der Waals surface area contributed by atoms with Crippen molar-refractivity contribution in [3.63, 3.8) is 0 Å². The lowest BCUT2D eigenvalue weighted by molar-refractivity contribution is -0.0191. The molecule has 11 unspecified atom stereocenters. The van der Waals surface area contributed by atoms with E-state index in [1.54, 1.807) is 12.1 Å². The lowest BCUT2D eigenvalue weighted by Gasteiger charge is -2.37. The number of hydrogen-bond donors (Lipinski definition) is 1. The summed E-state index contributed by atoms with van der Waals surface area (Å²) < 4.78 is 93.9. The molecule has 0 amide bonds. The Bertz CT molecular complexity index is 1430. The van der Waals surface area contributed by atoms with Gasteiger partial charge in [-0.3, -0.25) is 0 Å². The summed E-state index contributed by atoms with van der Waals surface area (Å²) in [6.07, 6.45) is 13.2. The molecule has 0 spiro atoms. The van der Waals surface area contributed by atoms with Gasteiger partial charge in [-0.25, -0.2) is 8.42 Å². The van der Waals surface area contributed by atoms with Gasteiger partial charge in [0.2, 0.25) is 0 Å². The number of halogens is 2. The van der Waals surface area contributed by atoms with E-state index >= 15 is 0 Å². The third-order valence-electron chi connectivity index (χ3n) is 12.3. The van der Waals surface area contributed by atoms with Crippen molar-refractivity contribution in [3.05, 3.63) is 24.3 Å². The highest BCUT2D eigenvalue weighted by atomic mass is 32.3. The average molecular weight is 675 g/mol. The highest BCUT2D eigenvalue weighted by Crippen LogP contribution is 2.65. The molecule has 1 heterocycles. The third kappa shape index (κ3) is 5.33. The van der Waals surface area contributed by atoms with Crippen LogP contribution in [0.3, 0.4) is 0 Å². The minimum atomic E-state index is -5.64. The monoisotopic (exact) mass is 674 g/mol. The van der Waals surface area contributed by atoms with Gasteiger partial charge in [0.25, 0.3) is 10.0 Å². The van der Waals surface area contributed by atoms with Gasteiger partial charge in [-0.1, -0.05) is 17.0 Å². The third-order valence-corrected chi connectivity index (χ3v) is 18.5. The fourth-order valence-corrected chi connectivity index (χ4v) is 16.9. The van der Waals surface area contributed by atoms with Crippen LogP contribution in [0.5, 0.6) is 5.75 Å². The van der Waals surface area contributed by atoms with Crippen LogP contribution in [0.15, 0.2) is 29.2 Å². The first-order chi connectivity index (χ1) is 21.0. The van der Waals surface area contributed by atoms with Gasteiger partial charge in [0.15, 0.2) is 4.90 Å². The van der Waals surface area contributed by atoms with Crippen LogP contribution in [0.2, 0.25) is 0 Å². The molecule has 8 rings (SSSR count). The molecule has 1 saturated heterocycles. The van der Waals surface area contributed by atoms with Crippen molar-refractivity contribution in [2.24, 2.45) is 47.3 Å². The minimum Gasteiger partial charge on any atom is -0.371 e. The van der Waals surface area contributed by atoms with Crippen LogP contribution in [0, 0.1) is 47.3 Å². The van der Waals surface area contributed by atoms with Gasteiger partial charge in [0, 0.05) is 22.7 Å². The lowest BCUT2D eigenvalue weighted by Crippen LogP contribution is -2.46. The summed E-state index contributed by atoms with van der Waals surface area (Å²) >= 11 is 0. The van der Waals surface area contributed by atoms with Crippen molar-refractivity contribution in [3.8, 4) is 5.75 Å². The van der Waals surface area contributed by atoms with Gasteiger partial charge in [-0.05, 0) is 111 Å². The Labute approximate surface area is 262 Å². The molecular weight excluding hydrogens is 633 g/mol. The van der Waals surface area contributed by atoms with E-state index < -0.39 is 32.2 Å². The number of nitrogens with one attached hydrogen (secondary N) is 1. The van der Waals surface area contributed by atoms with Crippen LogP contribution in [0.4, 0.5) is 8.78 Å². The SMILES string of the molecule is O=S(=O)(NS(=O)(=O)C(F)(F)COCC1CO1)Oc1ccc([S+](C2CC3CC2C2CCCC32)C2CC3CC2C2CCCC32)cc1. The maximum atomic E-state index is 14.3. The van der Waals surface area contributed by atoms with Gasteiger partial charge in [0.05, 0.1) is 13.2 Å². The summed E-state index contributed by atoms with van der Waals surface area (Å²) in [4.78, 5) is 1.23. The molecule has 244 valence electrons. The molecule has 1 aliphatic heterocycles. The molecule has 13 heteroatoms. The van der Waals surface area contributed by atoms with E-state index in [0.29, 0.717) is 17.1 Å². The van der Waals surface area contributed by atoms with Gasteiger partial charge in [0.1, 0.15) is 29.0 Å². The average Bonchev–Trinajstić information content (AvgIpc) is 3.56. The summed E-state index contributed by atoms with van der Waals surface area (Å²) in [5.41, 5.74) is 0. The molecule has 1 N–H and O–H groups in total. The second kappa shape index (κ2) is 11.0. The van der Waals surface area contributed by atoms with Gasteiger partial charge < -0.3 is 13.7 Å². The molecule has 0 radical (unpaired) electrons.